The van der Waals surface area contributed by atoms with Crippen LogP contribution < -0.4 is 15.2 Å². The van der Waals surface area contributed by atoms with Gasteiger partial charge in [-0.25, -0.2) is 0 Å². The molecule has 0 fully saturated rings. The number of ether oxygens (including phenoxy) is 4. The molecule has 0 unspecified atom stereocenters. The number of hydrogen-bond acceptors (Lipinski definition) is 5. The van der Waals surface area contributed by atoms with Crippen molar-refractivity contribution in [3.05, 3.63) is 57.6 Å². The lowest BCUT2D eigenvalue weighted by Gasteiger charge is -2.28. The van der Waals surface area contributed by atoms with Gasteiger partial charge in [-0.3, -0.25) is 0 Å². The minimum atomic E-state index is -0.448. The highest BCUT2D eigenvalue weighted by Crippen LogP contribution is 2.41. The normalized spacial score (nSPS) is 12.4. The molecule has 0 heterocycles. The van der Waals surface area contributed by atoms with Crippen LogP contribution in [-0.4, -0.2) is 27.8 Å². The molecule has 0 aromatic heterocycles. The van der Waals surface area contributed by atoms with Gasteiger partial charge in [0.05, 0.1) is 6.04 Å². The number of nitrogens with two attached hydrogens (primary N) is 1. The Labute approximate surface area is 194 Å². The molecule has 178 valence electrons. The number of rotatable bonds is 8. The molecule has 2 rings (SSSR count). The van der Waals surface area contributed by atoms with Crippen LogP contribution in [0, 0.1) is 13.8 Å². The first-order chi connectivity index (χ1) is 14.8. The summed E-state index contributed by atoms with van der Waals surface area (Å²) >= 11 is 0. The summed E-state index contributed by atoms with van der Waals surface area (Å²) < 4.78 is 22.4. The summed E-state index contributed by atoms with van der Waals surface area (Å²) in [5.41, 5.74) is 13.2. The highest BCUT2D eigenvalue weighted by atomic mass is 16.7. The molecule has 0 spiro atoms. The number of hydrogen-bond donors (Lipinski definition) is 1. The van der Waals surface area contributed by atoms with Gasteiger partial charge in [-0.05, 0) is 59.1 Å². The molecule has 2 aromatic rings. The SMILES string of the molecule is COCOc1c(C)cc(C(C)(C)C)cc1C(N)c1cc(C(C)(C)C)cc(C)c1OCOC. The van der Waals surface area contributed by atoms with Gasteiger partial charge in [0.1, 0.15) is 11.5 Å². The van der Waals surface area contributed by atoms with Gasteiger partial charge >= 0.3 is 0 Å². The van der Waals surface area contributed by atoms with Gasteiger partial charge < -0.3 is 24.7 Å². The first kappa shape index (κ1) is 26.2. The fourth-order valence-corrected chi connectivity index (χ4v) is 3.73. The average Bonchev–Trinajstić information content (AvgIpc) is 2.69. The Balaban J connectivity index is 2.77. The first-order valence-electron chi connectivity index (χ1n) is 11.1. The molecule has 0 amide bonds. The van der Waals surface area contributed by atoms with E-state index >= 15 is 0 Å². The van der Waals surface area contributed by atoms with E-state index in [1.165, 1.54) is 11.1 Å². The van der Waals surface area contributed by atoms with Crippen LogP contribution in [0.15, 0.2) is 24.3 Å². The predicted molar refractivity (Wildman–Crippen MR) is 131 cm³/mol. The van der Waals surface area contributed by atoms with Crippen molar-refractivity contribution < 1.29 is 18.9 Å². The summed E-state index contributed by atoms with van der Waals surface area (Å²) in [7, 11) is 3.23. The Bertz CT molecular complexity index is 847. The minimum Gasteiger partial charge on any atom is -0.467 e. The van der Waals surface area contributed by atoms with Crippen LogP contribution in [0.25, 0.3) is 0 Å². The van der Waals surface area contributed by atoms with E-state index in [2.05, 4.69) is 79.7 Å². The summed E-state index contributed by atoms with van der Waals surface area (Å²) in [6, 6.07) is 8.19. The fourth-order valence-electron chi connectivity index (χ4n) is 3.73. The zero-order valence-corrected chi connectivity index (χ0v) is 21.5. The maximum atomic E-state index is 6.98. The Hall–Kier alpha value is -2.08. The van der Waals surface area contributed by atoms with Gasteiger partial charge in [-0.2, -0.15) is 0 Å². The third kappa shape index (κ3) is 6.03. The van der Waals surface area contributed by atoms with Gasteiger partial charge in [0.2, 0.25) is 0 Å². The minimum absolute atomic E-state index is 0.0302. The summed E-state index contributed by atoms with van der Waals surface area (Å²) in [6.07, 6.45) is 0. The number of benzene rings is 2. The standard InChI is InChI=1S/C27H41NO4/c1-17-11-19(26(3,4)5)13-21(24(17)31-15-29-9)23(28)22-14-20(27(6,7)8)12-18(2)25(22)32-16-30-10/h11-14,23H,15-16,28H2,1-10H3. The molecule has 0 radical (unpaired) electrons. The smallest absolute Gasteiger partial charge is 0.188 e. The second kappa shape index (κ2) is 10.2. The van der Waals surface area contributed by atoms with Crippen LogP contribution in [-0.2, 0) is 20.3 Å². The van der Waals surface area contributed by atoms with Crippen molar-refractivity contribution in [3.8, 4) is 11.5 Å². The highest BCUT2D eigenvalue weighted by Gasteiger charge is 2.27. The molecule has 32 heavy (non-hydrogen) atoms. The van der Waals surface area contributed by atoms with Crippen molar-refractivity contribution in [2.75, 3.05) is 27.8 Å². The first-order valence-corrected chi connectivity index (χ1v) is 11.1. The maximum absolute atomic E-state index is 6.98. The van der Waals surface area contributed by atoms with Gasteiger partial charge in [-0.15, -0.1) is 0 Å². The maximum Gasteiger partial charge on any atom is 0.188 e. The lowest BCUT2D eigenvalue weighted by atomic mass is 9.81. The van der Waals surface area contributed by atoms with Crippen molar-refractivity contribution in [3.63, 3.8) is 0 Å². The molecule has 0 aliphatic heterocycles. The van der Waals surface area contributed by atoms with Crippen LogP contribution in [0.4, 0.5) is 0 Å². The molecular formula is C27H41NO4. The van der Waals surface area contributed by atoms with Crippen LogP contribution in [0.1, 0.15) is 81.0 Å². The van der Waals surface area contributed by atoms with E-state index in [0.29, 0.717) is 0 Å². The zero-order valence-electron chi connectivity index (χ0n) is 21.5. The molecule has 2 N–H and O–H groups in total. The summed E-state index contributed by atoms with van der Waals surface area (Å²) in [4.78, 5) is 0. The lowest BCUT2D eigenvalue weighted by molar-refractivity contribution is 0.0488. The summed E-state index contributed by atoms with van der Waals surface area (Å²) in [5.74, 6) is 1.51. The molecule has 5 nitrogen and oxygen atoms in total. The molecule has 0 bridgehead atoms. The van der Waals surface area contributed by atoms with E-state index in [1.54, 1.807) is 14.2 Å². The topological polar surface area (TPSA) is 62.9 Å². The Morgan fingerprint density at radius 1 is 0.688 bits per heavy atom. The molecule has 0 aliphatic carbocycles. The van der Waals surface area contributed by atoms with Gasteiger partial charge in [0.25, 0.3) is 0 Å². The predicted octanol–water partition coefficient (Wildman–Crippen LogP) is 5.91. The molecule has 0 aliphatic rings. The van der Waals surface area contributed by atoms with Gasteiger partial charge in [0, 0.05) is 25.3 Å². The van der Waals surface area contributed by atoms with E-state index in [1.807, 2.05) is 0 Å². The largest absolute Gasteiger partial charge is 0.467 e. The Morgan fingerprint density at radius 3 is 1.31 bits per heavy atom. The molecule has 2 aromatic carbocycles. The van der Waals surface area contributed by atoms with Gasteiger partial charge in [-0.1, -0.05) is 53.7 Å². The number of methoxy groups -OCH3 is 2. The van der Waals surface area contributed by atoms with Crippen LogP contribution in [0.3, 0.4) is 0 Å². The fraction of sp³-hybridized carbons (Fsp3) is 0.556. The van der Waals surface area contributed by atoms with E-state index in [-0.39, 0.29) is 24.4 Å². The van der Waals surface area contributed by atoms with Crippen molar-refractivity contribution in [2.45, 2.75) is 72.3 Å². The quantitative estimate of drug-likeness (QED) is 0.514. The monoisotopic (exact) mass is 443 g/mol. The molecular weight excluding hydrogens is 402 g/mol. The van der Waals surface area contributed by atoms with Crippen LogP contribution in [0.2, 0.25) is 0 Å². The zero-order chi connectivity index (χ0) is 24.3. The molecule has 5 heteroatoms. The summed E-state index contributed by atoms with van der Waals surface area (Å²) in [6.45, 7) is 17.6. The van der Waals surface area contributed by atoms with Crippen molar-refractivity contribution >= 4 is 0 Å². The molecule has 0 atom stereocenters. The van der Waals surface area contributed by atoms with Crippen LogP contribution >= 0.6 is 0 Å². The number of aryl methyl sites for hydroxylation is 2. The van der Waals surface area contributed by atoms with Crippen molar-refractivity contribution in [1.29, 1.82) is 0 Å². The van der Waals surface area contributed by atoms with E-state index in [0.717, 1.165) is 33.8 Å². The lowest BCUT2D eigenvalue weighted by Crippen LogP contribution is -2.21. The second-order valence-corrected chi connectivity index (χ2v) is 10.5. The highest BCUT2D eigenvalue weighted by molar-refractivity contribution is 5.55. The molecule has 0 saturated heterocycles. The Morgan fingerprint density at radius 2 is 1.03 bits per heavy atom. The third-order valence-corrected chi connectivity index (χ3v) is 5.65. The third-order valence-electron chi connectivity index (χ3n) is 5.65. The van der Waals surface area contributed by atoms with E-state index in [4.69, 9.17) is 24.7 Å². The molecule has 0 saturated carbocycles. The van der Waals surface area contributed by atoms with Crippen molar-refractivity contribution in [2.24, 2.45) is 5.73 Å². The van der Waals surface area contributed by atoms with Crippen molar-refractivity contribution in [1.82, 2.24) is 0 Å². The van der Waals surface area contributed by atoms with Crippen LogP contribution in [0.5, 0.6) is 11.5 Å². The summed E-state index contributed by atoms with van der Waals surface area (Å²) in [5, 5.41) is 0. The Kier molecular flexibility index (Phi) is 8.38. The van der Waals surface area contributed by atoms with E-state index in [9.17, 15) is 0 Å². The van der Waals surface area contributed by atoms with E-state index < -0.39 is 6.04 Å². The van der Waals surface area contributed by atoms with Gasteiger partial charge in [0.15, 0.2) is 13.6 Å². The second-order valence-electron chi connectivity index (χ2n) is 10.5. The average molecular weight is 444 g/mol.